The topological polar surface area (TPSA) is 38.3 Å². The van der Waals surface area contributed by atoms with E-state index in [2.05, 4.69) is 5.32 Å². The van der Waals surface area contributed by atoms with E-state index in [1.165, 1.54) is 0 Å². The van der Waals surface area contributed by atoms with Crippen LogP contribution in [0, 0.1) is 0 Å². The highest BCUT2D eigenvalue weighted by Gasteiger charge is 2.14. The zero-order chi connectivity index (χ0) is 13.1. The van der Waals surface area contributed by atoms with E-state index in [9.17, 15) is 4.79 Å². The molecule has 1 N–H and O–H groups in total. The van der Waals surface area contributed by atoms with Crippen molar-refractivity contribution in [1.82, 2.24) is 5.32 Å². The molecule has 1 rings (SSSR count). The van der Waals surface area contributed by atoms with Crippen LogP contribution in [0.4, 0.5) is 0 Å². The van der Waals surface area contributed by atoms with Crippen LogP contribution in [0.3, 0.4) is 0 Å². The predicted molar refractivity (Wildman–Crippen MR) is 69.7 cm³/mol. The summed E-state index contributed by atoms with van der Waals surface area (Å²) in [7, 11) is 1.78. The Balaban J connectivity index is 2.78. The first-order chi connectivity index (χ1) is 7.83. The average Bonchev–Trinajstić information content (AvgIpc) is 2.26. The number of ether oxygens (including phenoxy) is 1. The predicted octanol–water partition coefficient (Wildman–Crippen LogP) is 2.65. The van der Waals surface area contributed by atoms with Gasteiger partial charge in [0.2, 0.25) is 0 Å². The van der Waals surface area contributed by atoms with Crippen molar-refractivity contribution in [3.05, 3.63) is 29.8 Å². The normalized spacial score (nSPS) is 13.2. The number of nitrogens with one attached hydrogen (secondary N) is 1. The van der Waals surface area contributed by atoms with Gasteiger partial charge in [-0.2, -0.15) is 0 Å². The smallest absolute Gasteiger partial charge is 0.179 e. The second kappa shape index (κ2) is 5.32. The van der Waals surface area contributed by atoms with Crippen LogP contribution in [-0.4, -0.2) is 24.5 Å². The van der Waals surface area contributed by atoms with Gasteiger partial charge in [0, 0.05) is 5.56 Å². The molecule has 0 bridgehead atoms. The summed E-state index contributed by atoms with van der Waals surface area (Å²) < 4.78 is 5.70. The van der Waals surface area contributed by atoms with Crippen molar-refractivity contribution in [2.75, 3.05) is 7.05 Å². The number of carbonyl (C=O) groups is 1. The van der Waals surface area contributed by atoms with Gasteiger partial charge in [0.15, 0.2) is 5.78 Å². The fourth-order valence-electron chi connectivity index (χ4n) is 1.42. The standard InChI is InChI=1S/C14H21NO2/c1-10(15-5)13(16)11-6-8-12(9-7-11)17-14(2,3)4/h6-10,15H,1-5H3. The van der Waals surface area contributed by atoms with Crippen molar-refractivity contribution in [1.29, 1.82) is 0 Å². The third-order valence-electron chi connectivity index (χ3n) is 2.39. The Hall–Kier alpha value is -1.35. The van der Waals surface area contributed by atoms with Crippen molar-refractivity contribution in [2.24, 2.45) is 0 Å². The fraction of sp³-hybridized carbons (Fsp3) is 0.500. The number of Topliss-reactive ketones (excluding diaryl/α,β-unsaturated/α-hetero) is 1. The Morgan fingerprint density at radius 3 is 2.18 bits per heavy atom. The molecule has 1 unspecified atom stereocenters. The number of hydrogen-bond acceptors (Lipinski definition) is 3. The third-order valence-corrected chi connectivity index (χ3v) is 2.39. The Morgan fingerprint density at radius 2 is 1.76 bits per heavy atom. The molecule has 94 valence electrons. The molecular formula is C14H21NO2. The minimum absolute atomic E-state index is 0.0924. The molecule has 0 fully saturated rings. The van der Waals surface area contributed by atoms with Crippen LogP contribution in [0.25, 0.3) is 0 Å². The van der Waals surface area contributed by atoms with E-state index in [4.69, 9.17) is 4.74 Å². The molecule has 0 saturated heterocycles. The molecule has 3 heteroatoms. The van der Waals surface area contributed by atoms with Crippen LogP contribution in [-0.2, 0) is 0 Å². The van der Waals surface area contributed by atoms with Crippen molar-refractivity contribution in [3.8, 4) is 5.75 Å². The maximum atomic E-state index is 11.9. The molecule has 0 aromatic heterocycles. The Morgan fingerprint density at radius 1 is 1.24 bits per heavy atom. The first-order valence-electron chi connectivity index (χ1n) is 5.84. The SMILES string of the molecule is CNC(C)C(=O)c1ccc(OC(C)(C)C)cc1. The van der Waals surface area contributed by atoms with Gasteiger partial charge in [0.05, 0.1) is 6.04 Å². The number of carbonyl (C=O) groups excluding carboxylic acids is 1. The molecular weight excluding hydrogens is 214 g/mol. The summed E-state index contributed by atoms with van der Waals surface area (Å²) in [4.78, 5) is 11.9. The minimum atomic E-state index is -0.218. The van der Waals surface area contributed by atoms with Crippen molar-refractivity contribution in [2.45, 2.75) is 39.3 Å². The van der Waals surface area contributed by atoms with E-state index in [1.807, 2.05) is 39.8 Å². The molecule has 0 aliphatic rings. The second-order valence-electron chi connectivity index (χ2n) is 5.11. The summed E-state index contributed by atoms with van der Waals surface area (Å²) in [6.45, 7) is 7.83. The van der Waals surface area contributed by atoms with E-state index in [1.54, 1.807) is 19.2 Å². The maximum absolute atomic E-state index is 11.9. The highest BCUT2D eigenvalue weighted by molar-refractivity contribution is 5.99. The fourth-order valence-corrected chi connectivity index (χ4v) is 1.42. The van der Waals surface area contributed by atoms with Gasteiger partial charge in [-0.1, -0.05) is 0 Å². The van der Waals surface area contributed by atoms with E-state index < -0.39 is 0 Å². The summed E-state index contributed by atoms with van der Waals surface area (Å²) >= 11 is 0. The second-order valence-corrected chi connectivity index (χ2v) is 5.11. The zero-order valence-corrected chi connectivity index (χ0v) is 11.2. The Kier molecular flexibility index (Phi) is 4.29. The van der Waals surface area contributed by atoms with Crippen LogP contribution in [0.1, 0.15) is 38.1 Å². The molecule has 0 aliphatic carbocycles. The number of ketones is 1. The lowest BCUT2D eigenvalue weighted by Crippen LogP contribution is -2.30. The quantitative estimate of drug-likeness (QED) is 0.815. The number of benzene rings is 1. The largest absolute Gasteiger partial charge is 0.488 e. The lowest BCUT2D eigenvalue weighted by Gasteiger charge is -2.21. The summed E-state index contributed by atoms with van der Waals surface area (Å²) in [6, 6.07) is 7.11. The molecule has 3 nitrogen and oxygen atoms in total. The van der Waals surface area contributed by atoms with Crippen molar-refractivity contribution >= 4 is 5.78 Å². The van der Waals surface area contributed by atoms with Crippen molar-refractivity contribution in [3.63, 3.8) is 0 Å². The maximum Gasteiger partial charge on any atom is 0.179 e. The summed E-state index contributed by atoms with van der Waals surface area (Å²) in [5, 5.41) is 2.94. The molecule has 0 spiro atoms. The van der Waals surface area contributed by atoms with E-state index in [0.29, 0.717) is 5.56 Å². The van der Waals surface area contributed by atoms with E-state index >= 15 is 0 Å². The third kappa shape index (κ3) is 4.19. The molecule has 0 aliphatic heterocycles. The molecule has 0 radical (unpaired) electrons. The first kappa shape index (κ1) is 13.7. The highest BCUT2D eigenvalue weighted by atomic mass is 16.5. The number of rotatable bonds is 4. The molecule has 17 heavy (non-hydrogen) atoms. The minimum Gasteiger partial charge on any atom is -0.488 e. The molecule has 1 aromatic carbocycles. The highest BCUT2D eigenvalue weighted by Crippen LogP contribution is 2.19. The molecule has 1 aromatic rings. The van der Waals surface area contributed by atoms with Gasteiger partial charge in [0.1, 0.15) is 11.4 Å². The van der Waals surface area contributed by atoms with Gasteiger partial charge in [0.25, 0.3) is 0 Å². The number of hydrogen-bond donors (Lipinski definition) is 1. The summed E-state index contributed by atoms with van der Waals surface area (Å²) in [5.41, 5.74) is 0.483. The Bertz CT molecular complexity index is 376. The van der Waals surface area contributed by atoms with Gasteiger partial charge in [-0.05, 0) is 59.0 Å². The molecule has 1 atom stereocenters. The first-order valence-corrected chi connectivity index (χ1v) is 5.84. The van der Waals surface area contributed by atoms with Gasteiger partial charge < -0.3 is 10.1 Å². The number of likely N-dealkylation sites (N-methyl/N-ethyl adjacent to an activating group) is 1. The average molecular weight is 235 g/mol. The van der Waals surface area contributed by atoms with Crippen LogP contribution >= 0.6 is 0 Å². The molecule has 0 heterocycles. The van der Waals surface area contributed by atoms with E-state index in [-0.39, 0.29) is 17.4 Å². The van der Waals surface area contributed by atoms with Gasteiger partial charge >= 0.3 is 0 Å². The van der Waals surface area contributed by atoms with Gasteiger partial charge in [-0.25, -0.2) is 0 Å². The van der Waals surface area contributed by atoms with Crippen LogP contribution in [0.15, 0.2) is 24.3 Å². The van der Waals surface area contributed by atoms with Crippen LogP contribution in [0.2, 0.25) is 0 Å². The van der Waals surface area contributed by atoms with Crippen LogP contribution < -0.4 is 10.1 Å². The lowest BCUT2D eigenvalue weighted by atomic mass is 10.1. The van der Waals surface area contributed by atoms with Gasteiger partial charge in [-0.3, -0.25) is 4.79 Å². The lowest BCUT2D eigenvalue weighted by molar-refractivity contribution is 0.0955. The summed E-state index contributed by atoms with van der Waals surface area (Å²) in [6.07, 6.45) is 0. The zero-order valence-electron chi connectivity index (χ0n) is 11.2. The van der Waals surface area contributed by atoms with Crippen LogP contribution in [0.5, 0.6) is 5.75 Å². The van der Waals surface area contributed by atoms with Gasteiger partial charge in [-0.15, -0.1) is 0 Å². The van der Waals surface area contributed by atoms with E-state index in [0.717, 1.165) is 5.75 Å². The monoisotopic (exact) mass is 235 g/mol. The summed E-state index contributed by atoms with van der Waals surface area (Å²) in [5.74, 6) is 0.876. The Labute approximate surface area is 103 Å². The molecule has 0 amide bonds. The van der Waals surface area contributed by atoms with Crippen molar-refractivity contribution < 1.29 is 9.53 Å². The molecule has 0 saturated carbocycles.